The predicted octanol–water partition coefficient (Wildman–Crippen LogP) is 3.67. The third kappa shape index (κ3) is 4.55. The van der Waals surface area contributed by atoms with E-state index in [0.29, 0.717) is 29.4 Å². The van der Waals surface area contributed by atoms with Crippen molar-refractivity contribution in [2.75, 3.05) is 18.5 Å². The summed E-state index contributed by atoms with van der Waals surface area (Å²) in [4.78, 5) is 16.7. The number of H-pyrrole nitrogens is 1. The van der Waals surface area contributed by atoms with Crippen LogP contribution in [-0.4, -0.2) is 40.4 Å². The summed E-state index contributed by atoms with van der Waals surface area (Å²) in [6.07, 6.45) is 5.22. The van der Waals surface area contributed by atoms with E-state index in [0.717, 1.165) is 25.2 Å². The Kier molecular flexibility index (Phi) is 5.63. The fourth-order valence-corrected chi connectivity index (χ4v) is 3.04. The lowest BCUT2D eigenvalue weighted by Gasteiger charge is -2.22. The van der Waals surface area contributed by atoms with E-state index in [1.807, 2.05) is 42.5 Å². The van der Waals surface area contributed by atoms with Crippen LogP contribution in [0.1, 0.15) is 29.8 Å². The number of nitrogens with one attached hydrogen (secondary N) is 2. The average molecular weight is 378 g/mol. The standard InChI is InChI=1S/C21H22N4O3/c26-21(20-13-19(24-25-20)18-6-1-3-11-22-18)23-15-7-9-16(10-8-15)28-14-17-5-2-4-12-27-17/h1,3,6-11,13,17H,2,4-5,12,14H2,(H,23,26)(H,24,25). The Hall–Kier alpha value is -3.19. The molecule has 1 aliphatic rings. The molecule has 0 aliphatic carbocycles. The lowest BCUT2D eigenvalue weighted by Crippen LogP contribution is -2.25. The normalized spacial score (nSPS) is 16.5. The second-order valence-corrected chi connectivity index (χ2v) is 6.66. The Labute approximate surface area is 163 Å². The number of amides is 1. The smallest absolute Gasteiger partial charge is 0.273 e. The van der Waals surface area contributed by atoms with Crippen molar-refractivity contribution in [1.29, 1.82) is 0 Å². The van der Waals surface area contributed by atoms with Gasteiger partial charge in [0.05, 0.1) is 11.8 Å². The Morgan fingerprint density at radius 2 is 2.07 bits per heavy atom. The van der Waals surface area contributed by atoms with E-state index in [4.69, 9.17) is 9.47 Å². The largest absolute Gasteiger partial charge is 0.491 e. The second kappa shape index (κ2) is 8.67. The number of hydrogen-bond donors (Lipinski definition) is 2. The molecule has 1 fully saturated rings. The number of aromatic nitrogens is 3. The Morgan fingerprint density at radius 1 is 1.18 bits per heavy atom. The molecule has 0 radical (unpaired) electrons. The predicted molar refractivity (Wildman–Crippen MR) is 105 cm³/mol. The van der Waals surface area contributed by atoms with E-state index in [2.05, 4.69) is 20.5 Å². The van der Waals surface area contributed by atoms with Crippen LogP contribution in [0.4, 0.5) is 5.69 Å². The van der Waals surface area contributed by atoms with Crippen molar-refractivity contribution in [3.63, 3.8) is 0 Å². The highest BCUT2D eigenvalue weighted by Gasteiger charge is 2.15. The fourth-order valence-electron chi connectivity index (χ4n) is 3.04. The summed E-state index contributed by atoms with van der Waals surface area (Å²) < 4.78 is 11.4. The van der Waals surface area contributed by atoms with E-state index in [1.165, 1.54) is 6.42 Å². The molecule has 0 saturated carbocycles. The Balaban J connectivity index is 1.32. The number of nitrogens with zero attached hydrogens (tertiary/aromatic N) is 2. The van der Waals surface area contributed by atoms with Gasteiger partial charge in [-0.15, -0.1) is 0 Å². The molecule has 7 nitrogen and oxygen atoms in total. The highest BCUT2D eigenvalue weighted by molar-refractivity contribution is 6.03. The van der Waals surface area contributed by atoms with E-state index < -0.39 is 0 Å². The summed E-state index contributed by atoms with van der Waals surface area (Å²) in [7, 11) is 0. The van der Waals surface area contributed by atoms with Crippen molar-refractivity contribution >= 4 is 11.6 Å². The third-order valence-corrected chi connectivity index (χ3v) is 4.57. The molecule has 4 rings (SSSR count). The monoisotopic (exact) mass is 378 g/mol. The molecule has 2 N–H and O–H groups in total. The van der Waals surface area contributed by atoms with Gasteiger partial charge in [0, 0.05) is 18.5 Å². The first-order valence-electron chi connectivity index (χ1n) is 9.40. The molecule has 2 aromatic heterocycles. The van der Waals surface area contributed by atoms with Crippen molar-refractivity contribution in [1.82, 2.24) is 15.2 Å². The molecule has 28 heavy (non-hydrogen) atoms. The molecule has 144 valence electrons. The van der Waals surface area contributed by atoms with Gasteiger partial charge in [-0.1, -0.05) is 6.07 Å². The minimum absolute atomic E-state index is 0.168. The van der Waals surface area contributed by atoms with Gasteiger partial charge in [-0.3, -0.25) is 14.9 Å². The molecule has 0 spiro atoms. The molecule has 1 amide bonds. The topological polar surface area (TPSA) is 89.1 Å². The lowest BCUT2D eigenvalue weighted by molar-refractivity contribution is -0.0110. The van der Waals surface area contributed by atoms with Gasteiger partial charge in [0.25, 0.3) is 5.91 Å². The van der Waals surface area contributed by atoms with Gasteiger partial charge >= 0.3 is 0 Å². The summed E-state index contributed by atoms with van der Waals surface area (Å²) in [5.41, 5.74) is 2.39. The minimum Gasteiger partial charge on any atom is -0.491 e. The molecular formula is C21H22N4O3. The van der Waals surface area contributed by atoms with Gasteiger partial charge in [0.1, 0.15) is 23.7 Å². The van der Waals surface area contributed by atoms with Crippen molar-refractivity contribution in [3.05, 3.63) is 60.4 Å². The van der Waals surface area contributed by atoms with Gasteiger partial charge in [-0.25, -0.2) is 0 Å². The molecule has 7 heteroatoms. The maximum atomic E-state index is 12.4. The van der Waals surface area contributed by atoms with Crippen LogP contribution in [-0.2, 0) is 4.74 Å². The molecule has 0 bridgehead atoms. The van der Waals surface area contributed by atoms with Crippen molar-refractivity contribution in [2.24, 2.45) is 0 Å². The number of pyridine rings is 1. The Morgan fingerprint density at radius 3 is 2.82 bits per heavy atom. The zero-order valence-electron chi connectivity index (χ0n) is 15.4. The second-order valence-electron chi connectivity index (χ2n) is 6.66. The highest BCUT2D eigenvalue weighted by atomic mass is 16.5. The summed E-state index contributed by atoms with van der Waals surface area (Å²) in [5, 5.41) is 9.75. The van der Waals surface area contributed by atoms with E-state index in [1.54, 1.807) is 12.3 Å². The van der Waals surface area contributed by atoms with Crippen molar-refractivity contribution in [2.45, 2.75) is 25.4 Å². The van der Waals surface area contributed by atoms with Gasteiger partial charge in [0.2, 0.25) is 0 Å². The molecule has 1 atom stereocenters. The first-order valence-corrected chi connectivity index (χ1v) is 9.40. The quantitative estimate of drug-likeness (QED) is 0.683. The molecule has 1 aliphatic heterocycles. The average Bonchev–Trinajstić information content (AvgIpc) is 3.25. The number of carbonyl (C=O) groups is 1. The van der Waals surface area contributed by atoms with Gasteiger partial charge in [0.15, 0.2) is 0 Å². The van der Waals surface area contributed by atoms with Gasteiger partial charge in [-0.2, -0.15) is 5.10 Å². The molecule has 1 aromatic carbocycles. The molecule has 3 aromatic rings. The number of aromatic amines is 1. The Bertz CT molecular complexity index is 903. The first kappa shape index (κ1) is 18.2. The van der Waals surface area contributed by atoms with Crippen molar-refractivity contribution in [3.8, 4) is 17.1 Å². The maximum Gasteiger partial charge on any atom is 0.273 e. The maximum absolute atomic E-state index is 12.4. The van der Waals surface area contributed by atoms with E-state index >= 15 is 0 Å². The van der Waals surface area contributed by atoms with Crippen LogP contribution in [0.15, 0.2) is 54.7 Å². The molecule has 1 unspecified atom stereocenters. The van der Waals surface area contributed by atoms with Crippen LogP contribution in [0.3, 0.4) is 0 Å². The zero-order valence-corrected chi connectivity index (χ0v) is 15.4. The van der Waals surface area contributed by atoms with Crippen LogP contribution in [0.25, 0.3) is 11.4 Å². The van der Waals surface area contributed by atoms with E-state index in [9.17, 15) is 4.79 Å². The first-order chi connectivity index (χ1) is 13.8. The highest BCUT2D eigenvalue weighted by Crippen LogP contribution is 2.20. The van der Waals surface area contributed by atoms with Crippen LogP contribution < -0.4 is 10.1 Å². The van der Waals surface area contributed by atoms with Crippen LogP contribution in [0, 0.1) is 0 Å². The number of ether oxygens (including phenoxy) is 2. The number of rotatable bonds is 6. The summed E-state index contributed by atoms with van der Waals surface area (Å²) in [5.74, 6) is 0.491. The number of hydrogen-bond acceptors (Lipinski definition) is 5. The third-order valence-electron chi connectivity index (χ3n) is 4.57. The van der Waals surface area contributed by atoms with E-state index in [-0.39, 0.29) is 12.0 Å². The van der Waals surface area contributed by atoms with Gasteiger partial charge in [-0.05, 0) is 61.7 Å². The van der Waals surface area contributed by atoms with Gasteiger partial charge < -0.3 is 14.8 Å². The molecule has 1 saturated heterocycles. The number of carbonyl (C=O) groups excluding carboxylic acids is 1. The fraction of sp³-hybridized carbons (Fsp3) is 0.286. The summed E-state index contributed by atoms with van der Waals surface area (Å²) in [6.45, 7) is 1.37. The van der Waals surface area contributed by atoms with Crippen LogP contribution in [0.5, 0.6) is 5.75 Å². The SMILES string of the molecule is O=C(Nc1ccc(OCC2CCCCO2)cc1)c1cc(-c2ccccn2)n[nH]1. The minimum atomic E-state index is -0.265. The number of anilines is 1. The van der Waals surface area contributed by atoms with Crippen LogP contribution in [0.2, 0.25) is 0 Å². The number of benzene rings is 1. The summed E-state index contributed by atoms with van der Waals surface area (Å²) in [6, 6.07) is 14.5. The molecule has 3 heterocycles. The molecular weight excluding hydrogens is 356 g/mol. The lowest BCUT2D eigenvalue weighted by atomic mass is 10.1. The zero-order chi connectivity index (χ0) is 19.2. The van der Waals surface area contributed by atoms with Crippen LogP contribution >= 0.6 is 0 Å². The summed E-state index contributed by atoms with van der Waals surface area (Å²) >= 11 is 0. The van der Waals surface area contributed by atoms with Crippen molar-refractivity contribution < 1.29 is 14.3 Å².